The van der Waals surface area contributed by atoms with Gasteiger partial charge in [-0.05, 0) is 48.4 Å². The summed E-state index contributed by atoms with van der Waals surface area (Å²) >= 11 is 0. The fourth-order valence-corrected chi connectivity index (χ4v) is 4.69. The number of Topliss-reactive ketones (excluding diaryl/α,β-unsaturated/α-hetero) is 1. The third-order valence-corrected chi connectivity index (χ3v) is 6.85. The number of amidine groups is 1. The molecular weight excluding hydrogens is 625 g/mol. The van der Waals surface area contributed by atoms with Gasteiger partial charge in [0.05, 0.1) is 45.6 Å². The Kier molecular flexibility index (Phi) is 12.8. The first-order chi connectivity index (χ1) is 19.9. The Hall–Kier alpha value is -3.85. The molecule has 12 heteroatoms. The molecule has 0 saturated heterocycles. The second-order valence-electron chi connectivity index (χ2n) is 11.0. The van der Waals surface area contributed by atoms with E-state index in [0.29, 0.717) is 48.3 Å². The van der Waals surface area contributed by atoms with E-state index in [4.69, 9.17) is 34.7 Å². The Bertz CT molecular complexity index is 1390. The van der Waals surface area contributed by atoms with Crippen LogP contribution in [0.1, 0.15) is 79.9 Å². The number of benzene rings is 2. The lowest BCUT2D eigenvalue weighted by Gasteiger charge is -2.26. The largest absolute Gasteiger partial charge is 0.493 e. The number of methoxy groups -OCH3 is 2. The zero-order valence-corrected chi connectivity index (χ0v) is 26.9. The van der Waals surface area contributed by atoms with E-state index in [1.54, 1.807) is 18.2 Å². The van der Waals surface area contributed by atoms with Crippen LogP contribution in [0.3, 0.4) is 0 Å². The van der Waals surface area contributed by atoms with Gasteiger partial charge in [0.25, 0.3) is 0 Å². The van der Waals surface area contributed by atoms with E-state index in [1.807, 2.05) is 20.8 Å². The van der Waals surface area contributed by atoms with Gasteiger partial charge in [-0.25, -0.2) is 4.39 Å². The molecule has 0 fully saturated rings. The van der Waals surface area contributed by atoms with Crippen LogP contribution in [0.2, 0.25) is 0 Å². The molecule has 2 N–H and O–H groups in total. The van der Waals surface area contributed by atoms with Gasteiger partial charge in [-0.1, -0.05) is 20.8 Å². The van der Waals surface area contributed by atoms with Gasteiger partial charge >= 0.3 is 5.97 Å². The van der Waals surface area contributed by atoms with Gasteiger partial charge in [0.15, 0.2) is 34.6 Å². The number of rotatable bonds is 15. The molecule has 0 unspecified atom stereocenters. The average Bonchev–Trinajstić information content (AvgIpc) is 3.24. The topological polar surface area (TPSA) is 142 Å². The van der Waals surface area contributed by atoms with Gasteiger partial charge in [-0.3, -0.25) is 15.0 Å². The van der Waals surface area contributed by atoms with Crippen LogP contribution in [0.4, 0.5) is 4.39 Å². The average molecular weight is 665 g/mol. The number of ketones is 1. The number of ether oxygens (including phenoxy) is 4. The number of fused-ring (bicyclic) bond motifs is 1. The number of carbonyl (C=O) groups excluding carboxylic acids is 1. The number of hydrogen-bond acceptors (Lipinski definition) is 8. The van der Waals surface area contributed by atoms with Crippen molar-refractivity contribution in [3.05, 3.63) is 46.3 Å². The van der Waals surface area contributed by atoms with Crippen LogP contribution >= 0.6 is 17.0 Å². The van der Waals surface area contributed by atoms with Crippen molar-refractivity contribution >= 4 is 34.6 Å². The SMILES string of the molecule is Br.COc1cc2c(c(F)c1OC)C(=N)N(CC(=O)c1cc(OCCCC#N)c(OCCCCC(=O)O)c(C(C)(C)C)c1)C2. The van der Waals surface area contributed by atoms with Gasteiger partial charge in [0.2, 0.25) is 0 Å². The molecule has 0 aromatic heterocycles. The van der Waals surface area contributed by atoms with Crippen molar-refractivity contribution < 1.29 is 38.0 Å². The number of nitrogens with one attached hydrogen (secondary N) is 1. The molecule has 1 aliphatic rings. The molecule has 1 aliphatic heterocycles. The molecular formula is C31H39BrFN3O7. The van der Waals surface area contributed by atoms with Crippen LogP contribution in [0.25, 0.3) is 0 Å². The summed E-state index contributed by atoms with van der Waals surface area (Å²) in [6.45, 7) is 6.40. The number of carboxylic acid groups (broad SMARTS) is 1. The molecule has 0 aliphatic carbocycles. The molecule has 10 nitrogen and oxygen atoms in total. The standard InChI is InChI=1S/C31H38FN3O7.BrH/c1-31(2,3)21-14-19(15-24(41-12-9-7-11-33)28(21)42-13-8-6-10-25(37)38)22(36)18-35-17-20-16-23(39-4)29(40-5)27(32)26(20)30(35)34;/h14-16,34H,6-10,12-13,17-18H2,1-5H3,(H,37,38);1H. The van der Waals surface area contributed by atoms with E-state index in [-0.39, 0.29) is 78.4 Å². The number of carboxylic acids is 1. The molecule has 3 rings (SSSR count). The Labute approximate surface area is 262 Å². The highest BCUT2D eigenvalue weighted by molar-refractivity contribution is 8.93. The Morgan fingerprint density at radius 3 is 2.35 bits per heavy atom. The normalized spacial score (nSPS) is 12.2. The smallest absolute Gasteiger partial charge is 0.303 e. The first-order valence-electron chi connectivity index (χ1n) is 13.8. The first kappa shape index (κ1) is 35.3. The van der Waals surface area contributed by atoms with E-state index in [2.05, 4.69) is 6.07 Å². The number of nitriles is 1. The second-order valence-corrected chi connectivity index (χ2v) is 11.0. The third kappa shape index (κ3) is 8.60. The minimum Gasteiger partial charge on any atom is -0.493 e. The fraction of sp³-hybridized carbons (Fsp3) is 0.484. The molecule has 0 spiro atoms. The van der Waals surface area contributed by atoms with Gasteiger partial charge in [0.1, 0.15) is 5.84 Å². The highest BCUT2D eigenvalue weighted by Gasteiger charge is 2.33. The predicted molar refractivity (Wildman–Crippen MR) is 164 cm³/mol. The molecule has 2 aromatic rings. The summed E-state index contributed by atoms with van der Waals surface area (Å²) in [5.41, 5.74) is 1.20. The number of unbranched alkanes of at least 4 members (excludes halogenated alkanes) is 2. The summed E-state index contributed by atoms with van der Waals surface area (Å²) < 4.78 is 37.7. The van der Waals surface area contributed by atoms with E-state index in [0.717, 1.165) is 5.56 Å². The Balaban J connectivity index is 0.00000645. The van der Waals surface area contributed by atoms with Gasteiger partial charge < -0.3 is 29.0 Å². The van der Waals surface area contributed by atoms with Crippen molar-refractivity contribution in [2.75, 3.05) is 34.0 Å². The molecule has 0 bridgehead atoms. The maximum Gasteiger partial charge on any atom is 0.303 e. The third-order valence-electron chi connectivity index (χ3n) is 6.85. The van der Waals surface area contributed by atoms with Crippen molar-refractivity contribution in [2.45, 2.75) is 64.8 Å². The van der Waals surface area contributed by atoms with Crippen molar-refractivity contribution in [1.29, 1.82) is 10.7 Å². The van der Waals surface area contributed by atoms with Crippen molar-refractivity contribution in [2.24, 2.45) is 0 Å². The maximum absolute atomic E-state index is 15.2. The Morgan fingerprint density at radius 2 is 1.74 bits per heavy atom. The summed E-state index contributed by atoms with van der Waals surface area (Å²) in [4.78, 5) is 26.0. The maximum atomic E-state index is 15.2. The zero-order valence-electron chi connectivity index (χ0n) is 25.2. The van der Waals surface area contributed by atoms with Gasteiger partial charge in [0, 0.05) is 30.5 Å². The zero-order chi connectivity index (χ0) is 31.0. The summed E-state index contributed by atoms with van der Waals surface area (Å²) in [6, 6.07) is 7.03. The quantitative estimate of drug-likeness (QED) is 0.172. The highest BCUT2D eigenvalue weighted by Crippen LogP contribution is 2.41. The van der Waals surface area contributed by atoms with Gasteiger partial charge in [-0.2, -0.15) is 5.26 Å². The molecule has 0 saturated carbocycles. The number of carbonyl (C=O) groups is 2. The van der Waals surface area contributed by atoms with E-state index in [1.165, 1.54) is 19.1 Å². The molecule has 2 aromatic carbocycles. The van der Waals surface area contributed by atoms with Crippen LogP contribution in [-0.4, -0.2) is 61.6 Å². The number of aliphatic carboxylic acids is 1. The molecule has 43 heavy (non-hydrogen) atoms. The summed E-state index contributed by atoms with van der Waals surface area (Å²) in [5.74, 6) is -1.07. The predicted octanol–water partition coefficient (Wildman–Crippen LogP) is 6.06. The fourth-order valence-electron chi connectivity index (χ4n) is 4.69. The number of halogens is 2. The molecule has 0 radical (unpaired) electrons. The highest BCUT2D eigenvalue weighted by atomic mass is 79.9. The van der Waals surface area contributed by atoms with Crippen LogP contribution in [0.5, 0.6) is 23.0 Å². The molecule has 234 valence electrons. The molecule has 0 amide bonds. The second kappa shape index (κ2) is 15.6. The van der Waals surface area contributed by atoms with Crippen molar-refractivity contribution in [1.82, 2.24) is 4.90 Å². The minimum absolute atomic E-state index is 0. The van der Waals surface area contributed by atoms with Crippen LogP contribution in [0.15, 0.2) is 18.2 Å². The van der Waals surface area contributed by atoms with Crippen LogP contribution in [-0.2, 0) is 16.8 Å². The summed E-state index contributed by atoms with van der Waals surface area (Å²) in [5, 5.41) is 26.4. The van der Waals surface area contributed by atoms with Crippen LogP contribution < -0.4 is 18.9 Å². The number of nitrogens with zero attached hydrogens (tertiary/aromatic N) is 2. The lowest BCUT2D eigenvalue weighted by Crippen LogP contribution is -2.30. The lowest BCUT2D eigenvalue weighted by atomic mass is 9.84. The van der Waals surface area contributed by atoms with Gasteiger partial charge in [-0.15, -0.1) is 17.0 Å². The van der Waals surface area contributed by atoms with E-state index >= 15 is 4.39 Å². The number of hydrogen-bond donors (Lipinski definition) is 2. The summed E-state index contributed by atoms with van der Waals surface area (Å²) in [6.07, 6.45) is 1.81. The van der Waals surface area contributed by atoms with E-state index in [9.17, 15) is 9.59 Å². The van der Waals surface area contributed by atoms with Crippen LogP contribution in [0, 0.1) is 22.6 Å². The summed E-state index contributed by atoms with van der Waals surface area (Å²) in [7, 11) is 2.73. The first-order valence-corrected chi connectivity index (χ1v) is 13.8. The van der Waals surface area contributed by atoms with Crippen molar-refractivity contribution in [3.63, 3.8) is 0 Å². The van der Waals surface area contributed by atoms with Crippen molar-refractivity contribution in [3.8, 4) is 29.1 Å². The van der Waals surface area contributed by atoms with E-state index < -0.39 is 17.2 Å². The Morgan fingerprint density at radius 1 is 1.05 bits per heavy atom. The lowest BCUT2D eigenvalue weighted by molar-refractivity contribution is -0.137. The monoisotopic (exact) mass is 663 g/mol. The molecule has 1 heterocycles. The molecule has 0 atom stereocenters. The minimum atomic E-state index is -0.870.